The Morgan fingerprint density at radius 3 is 2.60 bits per heavy atom. The minimum Gasteiger partial charge on any atom is -0.457 e. The van der Waals surface area contributed by atoms with Gasteiger partial charge in [0.2, 0.25) is 5.89 Å². The van der Waals surface area contributed by atoms with Gasteiger partial charge in [-0.15, -0.1) is 0 Å². The van der Waals surface area contributed by atoms with E-state index in [4.69, 9.17) is 9.26 Å². The van der Waals surface area contributed by atoms with Gasteiger partial charge in [-0.1, -0.05) is 29.4 Å². The Labute approximate surface area is 146 Å². The highest BCUT2D eigenvalue weighted by molar-refractivity contribution is 5.94. The Kier molecular flexibility index (Phi) is 5.09. The number of rotatable bonds is 6. The molecule has 1 heterocycles. The van der Waals surface area contributed by atoms with Crippen LogP contribution in [0.5, 0.6) is 11.5 Å². The van der Waals surface area contributed by atoms with Gasteiger partial charge in [-0.25, -0.2) is 0 Å². The van der Waals surface area contributed by atoms with Gasteiger partial charge in [0, 0.05) is 32.5 Å². The molecule has 1 aromatic heterocycles. The summed E-state index contributed by atoms with van der Waals surface area (Å²) in [6.07, 6.45) is 0.541. The third-order valence-electron chi connectivity index (χ3n) is 3.65. The van der Waals surface area contributed by atoms with E-state index in [1.165, 1.54) is 0 Å². The number of para-hydroxylation sites is 1. The molecule has 128 valence electrons. The Morgan fingerprint density at radius 2 is 1.88 bits per heavy atom. The Bertz CT molecular complexity index is 846. The Hall–Kier alpha value is -3.15. The summed E-state index contributed by atoms with van der Waals surface area (Å²) >= 11 is 0. The molecule has 25 heavy (non-hydrogen) atoms. The second-order valence-electron chi connectivity index (χ2n) is 5.65. The zero-order valence-electron chi connectivity index (χ0n) is 14.2. The Balaban J connectivity index is 1.64. The van der Waals surface area contributed by atoms with Crippen LogP contribution in [0.3, 0.4) is 0 Å². The third-order valence-corrected chi connectivity index (χ3v) is 3.65. The SMILES string of the molecule is Cc1nc(CCN(C)C(=O)c2cccc(Oc3ccccc3)c2)no1. The topological polar surface area (TPSA) is 68.5 Å². The lowest BCUT2D eigenvalue weighted by Gasteiger charge is -2.16. The lowest BCUT2D eigenvalue weighted by molar-refractivity contribution is 0.0795. The van der Waals surface area contributed by atoms with Gasteiger partial charge in [0.05, 0.1) is 0 Å². The van der Waals surface area contributed by atoms with Crippen LogP contribution < -0.4 is 4.74 Å². The Morgan fingerprint density at radius 1 is 1.12 bits per heavy atom. The van der Waals surface area contributed by atoms with Crippen molar-refractivity contribution in [3.05, 3.63) is 71.9 Å². The zero-order valence-corrected chi connectivity index (χ0v) is 14.2. The maximum Gasteiger partial charge on any atom is 0.253 e. The number of benzene rings is 2. The molecule has 0 bridgehead atoms. The highest BCUT2D eigenvalue weighted by atomic mass is 16.5. The number of likely N-dealkylation sites (N-methyl/N-ethyl adjacent to an activating group) is 1. The molecule has 0 unspecified atom stereocenters. The summed E-state index contributed by atoms with van der Waals surface area (Å²) in [5, 5.41) is 3.84. The van der Waals surface area contributed by atoms with Gasteiger partial charge < -0.3 is 14.2 Å². The summed E-state index contributed by atoms with van der Waals surface area (Å²) < 4.78 is 10.7. The van der Waals surface area contributed by atoms with Crippen LogP contribution in [-0.4, -0.2) is 34.5 Å². The molecule has 0 radical (unpaired) electrons. The van der Waals surface area contributed by atoms with E-state index in [0.29, 0.717) is 36.0 Å². The van der Waals surface area contributed by atoms with Crippen molar-refractivity contribution in [2.75, 3.05) is 13.6 Å². The van der Waals surface area contributed by atoms with Gasteiger partial charge >= 0.3 is 0 Å². The van der Waals surface area contributed by atoms with Crippen molar-refractivity contribution in [1.82, 2.24) is 15.0 Å². The fraction of sp³-hybridized carbons (Fsp3) is 0.211. The van der Waals surface area contributed by atoms with Crippen LogP contribution in [0.1, 0.15) is 22.1 Å². The fourth-order valence-corrected chi connectivity index (χ4v) is 2.35. The van der Waals surface area contributed by atoms with Gasteiger partial charge in [-0.2, -0.15) is 4.98 Å². The summed E-state index contributed by atoms with van der Waals surface area (Å²) in [6.45, 7) is 2.24. The molecule has 3 rings (SSSR count). The molecule has 0 saturated heterocycles. The lowest BCUT2D eigenvalue weighted by atomic mass is 10.2. The number of carbonyl (C=O) groups is 1. The van der Waals surface area contributed by atoms with E-state index in [-0.39, 0.29) is 5.91 Å². The van der Waals surface area contributed by atoms with E-state index in [2.05, 4.69) is 10.1 Å². The summed E-state index contributed by atoms with van der Waals surface area (Å²) in [5.41, 5.74) is 0.570. The van der Waals surface area contributed by atoms with Crippen molar-refractivity contribution < 1.29 is 14.1 Å². The van der Waals surface area contributed by atoms with E-state index in [1.54, 1.807) is 31.0 Å². The number of ether oxygens (including phenoxy) is 1. The summed E-state index contributed by atoms with van der Waals surface area (Å²) in [5.74, 6) is 2.39. The molecule has 2 aromatic carbocycles. The second-order valence-corrected chi connectivity index (χ2v) is 5.65. The molecule has 0 aliphatic heterocycles. The smallest absolute Gasteiger partial charge is 0.253 e. The predicted octanol–water partition coefficient (Wildman–Crippen LogP) is 3.49. The summed E-state index contributed by atoms with van der Waals surface area (Å²) in [7, 11) is 1.75. The van der Waals surface area contributed by atoms with Crippen molar-refractivity contribution in [3.8, 4) is 11.5 Å². The zero-order chi connectivity index (χ0) is 17.6. The number of carbonyl (C=O) groups excluding carboxylic acids is 1. The van der Waals surface area contributed by atoms with Crippen molar-refractivity contribution in [2.24, 2.45) is 0 Å². The van der Waals surface area contributed by atoms with Gasteiger partial charge in [0.1, 0.15) is 11.5 Å². The largest absolute Gasteiger partial charge is 0.457 e. The van der Waals surface area contributed by atoms with Crippen LogP contribution in [-0.2, 0) is 6.42 Å². The molecule has 0 fully saturated rings. The van der Waals surface area contributed by atoms with Crippen molar-refractivity contribution in [2.45, 2.75) is 13.3 Å². The second kappa shape index (κ2) is 7.61. The molecule has 6 heteroatoms. The van der Waals surface area contributed by atoms with E-state index >= 15 is 0 Å². The maximum absolute atomic E-state index is 12.6. The van der Waals surface area contributed by atoms with E-state index < -0.39 is 0 Å². The first kappa shape index (κ1) is 16.7. The fourth-order valence-electron chi connectivity index (χ4n) is 2.35. The molecular weight excluding hydrogens is 318 g/mol. The van der Waals surface area contributed by atoms with E-state index in [0.717, 1.165) is 5.75 Å². The molecule has 1 amide bonds. The molecule has 0 aliphatic carbocycles. The predicted molar refractivity (Wildman–Crippen MR) is 92.7 cm³/mol. The van der Waals surface area contributed by atoms with Crippen LogP contribution in [0.15, 0.2) is 59.1 Å². The summed E-state index contributed by atoms with van der Waals surface area (Å²) in [6, 6.07) is 16.6. The van der Waals surface area contributed by atoms with Crippen LogP contribution in [0, 0.1) is 6.92 Å². The molecule has 3 aromatic rings. The number of aryl methyl sites for hydroxylation is 1. The van der Waals surface area contributed by atoms with Gasteiger partial charge in [0.15, 0.2) is 5.82 Å². The number of hydrogen-bond donors (Lipinski definition) is 0. The van der Waals surface area contributed by atoms with Crippen molar-refractivity contribution >= 4 is 5.91 Å². The van der Waals surface area contributed by atoms with E-state index in [9.17, 15) is 4.79 Å². The lowest BCUT2D eigenvalue weighted by Crippen LogP contribution is -2.29. The minimum absolute atomic E-state index is 0.0845. The number of nitrogens with zero attached hydrogens (tertiary/aromatic N) is 3. The quantitative estimate of drug-likeness (QED) is 0.689. The first-order valence-corrected chi connectivity index (χ1v) is 7.99. The monoisotopic (exact) mass is 337 g/mol. The number of amides is 1. The first-order valence-electron chi connectivity index (χ1n) is 7.99. The standard InChI is InChI=1S/C19H19N3O3/c1-14-20-18(21-25-14)11-12-22(2)19(23)15-7-6-10-17(13-15)24-16-8-4-3-5-9-16/h3-10,13H,11-12H2,1-2H3. The highest BCUT2D eigenvalue weighted by Crippen LogP contribution is 2.22. The molecule has 0 saturated carbocycles. The van der Waals surface area contributed by atoms with Crippen molar-refractivity contribution in [1.29, 1.82) is 0 Å². The van der Waals surface area contributed by atoms with Crippen LogP contribution in [0.25, 0.3) is 0 Å². The molecule has 0 spiro atoms. The average Bonchev–Trinajstić information content (AvgIpc) is 3.05. The molecule has 6 nitrogen and oxygen atoms in total. The van der Waals surface area contributed by atoms with Gasteiger partial charge in [-0.05, 0) is 30.3 Å². The molecule has 0 aliphatic rings. The van der Waals surface area contributed by atoms with Crippen LogP contribution in [0.2, 0.25) is 0 Å². The summed E-state index contributed by atoms with van der Waals surface area (Å²) in [4.78, 5) is 18.4. The van der Waals surface area contributed by atoms with Gasteiger partial charge in [0.25, 0.3) is 5.91 Å². The third kappa shape index (κ3) is 4.44. The molecule has 0 N–H and O–H groups in total. The van der Waals surface area contributed by atoms with Crippen LogP contribution >= 0.6 is 0 Å². The van der Waals surface area contributed by atoms with Gasteiger partial charge in [-0.3, -0.25) is 4.79 Å². The normalized spacial score (nSPS) is 10.5. The number of hydrogen-bond acceptors (Lipinski definition) is 5. The van der Waals surface area contributed by atoms with Crippen LogP contribution in [0.4, 0.5) is 0 Å². The molecular formula is C19H19N3O3. The maximum atomic E-state index is 12.6. The highest BCUT2D eigenvalue weighted by Gasteiger charge is 2.14. The minimum atomic E-state index is -0.0845. The number of aromatic nitrogens is 2. The van der Waals surface area contributed by atoms with Crippen molar-refractivity contribution in [3.63, 3.8) is 0 Å². The average molecular weight is 337 g/mol. The molecule has 0 atom stereocenters. The first-order chi connectivity index (χ1) is 12.1. The van der Waals surface area contributed by atoms with E-state index in [1.807, 2.05) is 42.5 Å².